The molecule has 2 aromatic rings. The van der Waals surface area contributed by atoms with E-state index in [0.29, 0.717) is 11.6 Å². The molecule has 0 aliphatic heterocycles. The predicted molar refractivity (Wildman–Crippen MR) is 68.0 cm³/mol. The molecule has 1 aromatic carbocycles. The summed E-state index contributed by atoms with van der Waals surface area (Å²) in [7, 11) is 0. The number of rotatable bonds is 3. The first-order chi connectivity index (χ1) is 7.79. The van der Waals surface area contributed by atoms with Crippen molar-refractivity contribution in [3.63, 3.8) is 0 Å². The first kappa shape index (κ1) is 10.8. The molecule has 0 saturated heterocycles. The molecule has 3 N–H and O–H groups in total. The molecule has 0 bridgehead atoms. The Kier molecular flexibility index (Phi) is 3.26. The molecular formula is C11H12N4S. The number of nitrogens with two attached hydrogens (primary N) is 1. The molecule has 4 nitrogen and oxygen atoms in total. The molecule has 0 aliphatic rings. The standard InChI is InChI=1S/C11H12N4S/c1-16-9-5-3-2-4-8(9)13-11-7-6-10(12)14-15-11/h2-7H,1H3,(H2,12,14)(H,13,15). The number of thioether (sulfide) groups is 1. The minimum Gasteiger partial charge on any atom is -0.382 e. The fraction of sp³-hybridized carbons (Fsp3) is 0.0909. The van der Waals surface area contributed by atoms with E-state index in [0.717, 1.165) is 5.69 Å². The van der Waals surface area contributed by atoms with Crippen LogP contribution >= 0.6 is 11.8 Å². The summed E-state index contributed by atoms with van der Waals surface area (Å²) in [6.45, 7) is 0. The molecule has 82 valence electrons. The second kappa shape index (κ2) is 4.85. The quantitative estimate of drug-likeness (QED) is 0.796. The van der Waals surface area contributed by atoms with Crippen LogP contribution in [0.1, 0.15) is 0 Å². The first-order valence-electron chi connectivity index (χ1n) is 4.79. The van der Waals surface area contributed by atoms with Crippen LogP contribution in [-0.4, -0.2) is 16.5 Å². The molecule has 0 aliphatic carbocycles. The molecule has 5 heteroatoms. The van der Waals surface area contributed by atoms with Gasteiger partial charge in [-0.05, 0) is 30.5 Å². The van der Waals surface area contributed by atoms with Gasteiger partial charge in [0.2, 0.25) is 0 Å². The monoisotopic (exact) mass is 232 g/mol. The predicted octanol–water partition coefficient (Wildman–Crippen LogP) is 2.52. The molecule has 0 fully saturated rings. The topological polar surface area (TPSA) is 63.8 Å². The number of para-hydroxylation sites is 1. The number of hydrogen-bond donors (Lipinski definition) is 2. The van der Waals surface area contributed by atoms with Crippen LogP contribution < -0.4 is 11.1 Å². The van der Waals surface area contributed by atoms with Crippen LogP contribution in [0.2, 0.25) is 0 Å². The van der Waals surface area contributed by atoms with Gasteiger partial charge in [-0.25, -0.2) is 0 Å². The molecule has 0 unspecified atom stereocenters. The highest BCUT2D eigenvalue weighted by Gasteiger charge is 2.01. The van der Waals surface area contributed by atoms with Crippen molar-refractivity contribution in [2.45, 2.75) is 4.90 Å². The van der Waals surface area contributed by atoms with Crippen LogP contribution in [0.25, 0.3) is 0 Å². The van der Waals surface area contributed by atoms with Crippen molar-refractivity contribution >= 4 is 29.1 Å². The van der Waals surface area contributed by atoms with Gasteiger partial charge in [-0.15, -0.1) is 22.0 Å². The fourth-order valence-electron chi connectivity index (χ4n) is 1.30. The van der Waals surface area contributed by atoms with E-state index in [1.54, 1.807) is 23.9 Å². The van der Waals surface area contributed by atoms with Crippen molar-refractivity contribution in [3.8, 4) is 0 Å². The van der Waals surface area contributed by atoms with Gasteiger partial charge in [0.1, 0.15) is 5.82 Å². The van der Waals surface area contributed by atoms with Crippen molar-refractivity contribution in [2.24, 2.45) is 0 Å². The van der Waals surface area contributed by atoms with Gasteiger partial charge in [0.05, 0.1) is 5.69 Å². The minimum atomic E-state index is 0.420. The Balaban J connectivity index is 2.23. The molecule has 0 atom stereocenters. The zero-order chi connectivity index (χ0) is 11.4. The van der Waals surface area contributed by atoms with Crippen LogP contribution in [0.15, 0.2) is 41.3 Å². The van der Waals surface area contributed by atoms with Gasteiger partial charge in [-0.1, -0.05) is 12.1 Å². The number of anilines is 3. The maximum Gasteiger partial charge on any atom is 0.153 e. The van der Waals surface area contributed by atoms with Crippen molar-refractivity contribution in [1.82, 2.24) is 10.2 Å². The Labute approximate surface area is 98.3 Å². The molecule has 0 amide bonds. The van der Waals surface area contributed by atoms with Crippen molar-refractivity contribution < 1.29 is 0 Å². The highest BCUT2D eigenvalue weighted by atomic mass is 32.2. The lowest BCUT2D eigenvalue weighted by molar-refractivity contribution is 1.04. The molecule has 1 aromatic heterocycles. The number of nitrogen functional groups attached to an aromatic ring is 1. The Morgan fingerprint density at radius 3 is 2.62 bits per heavy atom. The molecule has 16 heavy (non-hydrogen) atoms. The SMILES string of the molecule is CSc1ccccc1Nc1ccc(N)nn1. The number of nitrogens with one attached hydrogen (secondary N) is 1. The summed E-state index contributed by atoms with van der Waals surface area (Å²) in [4.78, 5) is 1.17. The summed E-state index contributed by atoms with van der Waals surface area (Å²) in [5.74, 6) is 1.11. The second-order valence-electron chi connectivity index (χ2n) is 3.17. The third-order valence-electron chi connectivity index (χ3n) is 2.05. The van der Waals surface area contributed by atoms with E-state index in [2.05, 4.69) is 21.6 Å². The molecule has 2 rings (SSSR count). The summed E-state index contributed by atoms with van der Waals surface area (Å²) in [6, 6.07) is 11.6. The highest BCUT2D eigenvalue weighted by Crippen LogP contribution is 2.26. The Morgan fingerprint density at radius 2 is 1.94 bits per heavy atom. The number of benzene rings is 1. The van der Waals surface area contributed by atoms with E-state index < -0.39 is 0 Å². The van der Waals surface area contributed by atoms with Gasteiger partial charge < -0.3 is 11.1 Å². The van der Waals surface area contributed by atoms with Crippen LogP contribution in [0.5, 0.6) is 0 Å². The van der Waals surface area contributed by atoms with Gasteiger partial charge in [0, 0.05) is 4.90 Å². The lowest BCUT2D eigenvalue weighted by Gasteiger charge is -2.08. The fourth-order valence-corrected chi connectivity index (χ4v) is 1.85. The normalized spacial score (nSPS) is 10.1. The average Bonchev–Trinajstić information content (AvgIpc) is 2.33. The highest BCUT2D eigenvalue weighted by molar-refractivity contribution is 7.98. The third kappa shape index (κ3) is 2.43. The molecule has 0 saturated carbocycles. The van der Waals surface area contributed by atoms with Gasteiger partial charge in [0.15, 0.2) is 5.82 Å². The third-order valence-corrected chi connectivity index (χ3v) is 2.85. The number of hydrogen-bond acceptors (Lipinski definition) is 5. The molecular weight excluding hydrogens is 220 g/mol. The maximum atomic E-state index is 5.47. The van der Waals surface area contributed by atoms with Crippen molar-refractivity contribution in [1.29, 1.82) is 0 Å². The second-order valence-corrected chi connectivity index (χ2v) is 4.02. The number of aromatic nitrogens is 2. The summed E-state index contributed by atoms with van der Waals surface area (Å²) in [5, 5.41) is 10.9. The summed E-state index contributed by atoms with van der Waals surface area (Å²) in [6.07, 6.45) is 2.04. The van der Waals surface area contributed by atoms with Gasteiger partial charge in [-0.3, -0.25) is 0 Å². The van der Waals surface area contributed by atoms with E-state index in [4.69, 9.17) is 5.73 Å². The Morgan fingerprint density at radius 1 is 1.12 bits per heavy atom. The van der Waals surface area contributed by atoms with E-state index in [9.17, 15) is 0 Å². The van der Waals surface area contributed by atoms with E-state index in [1.807, 2.05) is 24.5 Å². The van der Waals surface area contributed by atoms with Crippen molar-refractivity contribution in [2.75, 3.05) is 17.3 Å². The largest absolute Gasteiger partial charge is 0.382 e. The molecule has 1 heterocycles. The Hall–Kier alpha value is -1.75. The van der Waals surface area contributed by atoms with Gasteiger partial charge in [-0.2, -0.15) is 0 Å². The van der Waals surface area contributed by atoms with Crippen LogP contribution in [0.3, 0.4) is 0 Å². The average molecular weight is 232 g/mol. The summed E-state index contributed by atoms with van der Waals surface area (Å²) >= 11 is 1.68. The number of nitrogens with zero attached hydrogens (tertiary/aromatic N) is 2. The lowest BCUT2D eigenvalue weighted by atomic mass is 10.3. The Bertz CT molecular complexity index is 470. The van der Waals surface area contributed by atoms with E-state index in [1.165, 1.54) is 4.90 Å². The van der Waals surface area contributed by atoms with Crippen LogP contribution in [-0.2, 0) is 0 Å². The molecule has 0 spiro atoms. The first-order valence-corrected chi connectivity index (χ1v) is 6.01. The smallest absolute Gasteiger partial charge is 0.153 e. The zero-order valence-electron chi connectivity index (χ0n) is 8.84. The maximum absolute atomic E-state index is 5.47. The summed E-state index contributed by atoms with van der Waals surface area (Å²) in [5.41, 5.74) is 6.49. The van der Waals surface area contributed by atoms with Crippen LogP contribution in [0.4, 0.5) is 17.3 Å². The minimum absolute atomic E-state index is 0.420. The van der Waals surface area contributed by atoms with Crippen LogP contribution in [0, 0.1) is 0 Å². The van der Waals surface area contributed by atoms with Gasteiger partial charge >= 0.3 is 0 Å². The molecule has 0 radical (unpaired) electrons. The van der Waals surface area contributed by atoms with Crippen molar-refractivity contribution in [3.05, 3.63) is 36.4 Å². The van der Waals surface area contributed by atoms with E-state index in [-0.39, 0.29) is 0 Å². The summed E-state index contributed by atoms with van der Waals surface area (Å²) < 4.78 is 0. The van der Waals surface area contributed by atoms with E-state index >= 15 is 0 Å². The van der Waals surface area contributed by atoms with Gasteiger partial charge in [0.25, 0.3) is 0 Å². The lowest BCUT2D eigenvalue weighted by Crippen LogP contribution is -1.98. The zero-order valence-corrected chi connectivity index (χ0v) is 9.66.